The monoisotopic (exact) mass is 325 g/mol. The molecule has 2 rings (SSSR count). The van der Waals surface area contributed by atoms with Crippen LogP contribution in [0.4, 0.5) is 5.69 Å². The van der Waals surface area contributed by atoms with Gasteiger partial charge in [-0.2, -0.15) is 0 Å². The summed E-state index contributed by atoms with van der Waals surface area (Å²) in [5, 5.41) is 0. The molecule has 0 fully saturated rings. The van der Waals surface area contributed by atoms with Gasteiger partial charge in [-0.05, 0) is 30.4 Å². The van der Waals surface area contributed by atoms with E-state index in [1.165, 1.54) is 5.56 Å². The second-order valence-corrected chi connectivity index (χ2v) is 6.19. The van der Waals surface area contributed by atoms with Gasteiger partial charge in [-0.3, -0.25) is 4.79 Å². The predicted molar refractivity (Wildman–Crippen MR) is 81.2 cm³/mol. The lowest BCUT2D eigenvalue weighted by Gasteiger charge is -2.33. The van der Waals surface area contributed by atoms with Gasteiger partial charge in [-0.1, -0.05) is 41.9 Å². The third kappa shape index (κ3) is 2.78. The van der Waals surface area contributed by atoms with E-state index in [-0.39, 0.29) is 16.7 Å². The number of para-hydroxylation sites is 1. The van der Waals surface area contributed by atoms with Gasteiger partial charge in [-0.15, -0.1) is 0 Å². The van der Waals surface area contributed by atoms with Crippen LogP contribution >= 0.6 is 15.9 Å². The molecule has 1 aromatic carbocycles. The van der Waals surface area contributed by atoms with Gasteiger partial charge in [0.15, 0.2) is 0 Å². The molecule has 0 N–H and O–H groups in total. The van der Waals surface area contributed by atoms with Crippen LogP contribution in [-0.2, 0) is 11.2 Å². The number of aryl methyl sites for hydroxylation is 1. The van der Waals surface area contributed by atoms with E-state index in [1.54, 1.807) is 7.11 Å². The molecule has 19 heavy (non-hydrogen) atoms. The molecule has 4 heteroatoms. The molecule has 1 heterocycles. The van der Waals surface area contributed by atoms with Gasteiger partial charge < -0.3 is 9.64 Å². The summed E-state index contributed by atoms with van der Waals surface area (Å²) >= 11 is 3.51. The van der Waals surface area contributed by atoms with Gasteiger partial charge in [0.25, 0.3) is 0 Å². The summed E-state index contributed by atoms with van der Waals surface area (Å²) in [4.78, 5) is 14.3. The summed E-state index contributed by atoms with van der Waals surface area (Å²) < 4.78 is 5.42. The molecule has 0 saturated heterocycles. The van der Waals surface area contributed by atoms with Crippen molar-refractivity contribution in [2.75, 3.05) is 18.6 Å². The maximum atomic E-state index is 12.6. The number of rotatable bonds is 3. The van der Waals surface area contributed by atoms with E-state index in [0.29, 0.717) is 0 Å². The smallest absolute Gasteiger partial charge is 0.241 e. The van der Waals surface area contributed by atoms with Crippen molar-refractivity contribution in [3.8, 4) is 5.75 Å². The molecule has 1 aromatic rings. The van der Waals surface area contributed by atoms with Gasteiger partial charge in [0, 0.05) is 6.54 Å². The highest BCUT2D eigenvalue weighted by atomic mass is 79.9. The Bertz CT molecular complexity index is 459. The number of ether oxygens (including phenoxy) is 1. The molecule has 0 aromatic heterocycles. The fourth-order valence-electron chi connectivity index (χ4n) is 2.43. The summed E-state index contributed by atoms with van der Waals surface area (Å²) in [6.07, 6.45) is 2.01. The summed E-state index contributed by atoms with van der Waals surface area (Å²) in [7, 11) is 1.65. The maximum Gasteiger partial charge on any atom is 0.241 e. The number of carbonyl (C=O) groups is 1. The highest BCUT2D eigenvalue weighted by Gasteiger charge is 2.30. The lowest BCUT2D eigenvalue weighted by molar-refractivity contribution is -0.118. The first-order valence-electron chi connectivity index (χ1n) is 6.67. The van der Waals surface area contributed by atoms with Crippen molar-refractivity contribution in [1.29, 1.82) is 0 Å². The average molecular weight is 326 g/mol. The minimum atomic E-state index is -0.150. The fraction of sp³-hybridized carbons (Fsp3) is 0.533. The third-order valence-electron chi connectivity index (χ3n) is 3.49. The molecular formula is C15H20BrNO2. The van der Waals surface area contributed by atoms with E-state index in [4.69, 9.17) is 4.74 Å². The van der Waals surface area contributed by atoms with Crippen LogP contribution in [0.5, 0.6) is 5.75 Å². The average Bonchev–Trinajstić information content (AvgIpc) is 2.44. The molecule has 0 bridgehead atoms. The fourth-order valence-corrected chi connectivity index (χ4v) is 2.68. The number of alkyl halides is 1. The first-order chi connectivity index (χ1) is 9.06. The van der Waals surface area contributed by atoms with Crippen molar-refractivity contribution >= 4 is 27.5 Å². The van der Waals surface area contributed by atoms with E-state index in [1.807, 2.05) is 30.9 Å². The highest BCUT2D eigenvalue weighted by Crippen LogP contribution is 2.37. The Hall–Kier alpha value is -1.03. The quantitative estimate of drug-likeness (QED) is 0.797. The molecule has 0 radical (unpaired) electrons. The van der Waals surface area contributed by atoms with Crippen molar-refractivity contribution in [2.24, 2.45) is 5.92 Å². The van der Waals surface area contributed by atoms with Crippen molar-refractivity contribution in [3.63, 3.8) is 0 Å². The van der Waals surface area contributed by atoms with Crippen molar-refractivity contribution < 1.29 is 9.53 Å². The van der Waals surface area contributed by atoms with Gasteiger partial charge in [0.2, 0.25) is 5.91 Å². The Balaban J connectivity index is 2.39. The molecule has 1 unspecified atom stereocenters. The Morgan fingerprint density at radius 1 is 1.42 bits per heavy atom. The van der Waals surface area contributed by atoms with Gasteiger partial charge >= 0.3 is 0 Å². The molecule has 104 valence electrons. The molecule has 3 nitrogen and oxygen atoms in total. The Labute approximate surface area is 123 Å². The summed E-state index contributed by atoms with van der Waals surface area (Å²) in [6, 6.07) is 5.98. The predicted octanol–water partition coefficient (Wildman–Crippen LogP) is 3.39. The van der Waals surface area contributed by atoms with E-state index in [9.17, 15) is 4.79 Å². The number of hydrogen-bond acceptors (Lipinski definition) is 2. The van der Waals surface area contributed by atoms with Crippen molar-refractivity contribution in [3.05, 3.63) is 23.8 Å². The number of anilines is 1. The number of halogens is 1. The SMILES string of the molecule is COc1cccc2c1N(C(=O)C(Br)C(C)C)CCC2. The molecule has 1 amide bonds. The normalized spacial score (nSPS) is 16.2. The van der Waals surface area contributed by atoms with Crippen LogP contribution in [0.25, 0.3) is 0 Å². The zero-order valence-corrected chi connectivity index (χ0v) is 13.2. The topological polar surface area (TPSA) is 29.5 Å². The molecular weight excluding hydrogens is 306 g/mol. The van der Waals surface area contributed by atoms with E-state index in [0.717, 1.165) is 30.8 Å². The second kappa shape index (κ2) is 5.95. The van der Waals surface area contributed by atoms with Crippen molar-refractivity contribution in [2.45, 2.75) is 31.5 Å². The van der Waals surface area contributed by atoms with Gasteiger partial charge in [-0.25, -0.2) is 0 Å². The lowest BCUT2D eigenvalue weighted by atomic mass is 9.99. The van der Waals surface area contributed by atoms with Crippen LogP contribution in [0, 0.1) is 5.92 Å². The number of fused-ring (bicyclic) bond motifs is 1. The molecule has 0 spiro atoms. The standard InChI is InChI=1S/C15H20BrNO2/c1-10(2)13(16)15(18)17-9-5-7-11-6-4-8-12(19-3)14(11)17/h4,6,8,10,13H,5,7,9H2,1-3H3. The van der Waals surface area contributed by atoms with Crippen LogP contribution < -0.4 is 9.64 Å². The third-order valence-corrected chi connectivity index (χ3v) is 4.94. The first-order valence-corrected chi connectivity index (χ1v) is 7.59. The Morgan fingerprint density at radius 2 is 2.16 bits per heavy atom. The number of hydrogen-bond donors (Lipinski definition) is 0. The minimum absolute atomic E-state index is 0.125. The van der Waals surface area contributed by atoms with Gasteiger partial charge in [0.05, 0.1) is 17.6 Å². The highest BCUT2D eigenvalue weighted by molar-refractivity contribution is 9.10. The molecule has 0 saturated carbocycles. The number of methoxy groups -OCH3 is 1. The zero-order valence-electron chi connectivity index (χ0n) is 11.6. The first kappa shape index (κ1) is 14.4. The molecule has 1 aliphatic heterocycles. The van der Waals surface area contributed by atoms with Crippen LogP contribution in [0.15, 0.2) is 18.2 Å². The van der Waals surface area contributed by atoms with Crippen LogP contribution in [0.1, 0.15) is 25.8 Å². The Morgan fingerprint density at radius 3 is 2.79 bits per heavy atom. The number of carbonyl (C=O) groups excluding carboxylic acids is 1. The van der Waals surface area contributed by atoms with E-state index in [2.05, 4.69) is 22.0 Å². The number of amides is 1. The summed E-state index contributed by atoms with van der Waals surface area (Å²) in [5.74, 6) is 1.18. The molecule has 1 atom stereocenters. The van der Waals surface area contributed by atoms with E-state index < -0.39 is 0 Å². The van der Waals surface area contributed by atoms with Crippen molar-refractivity contribution in [1.82, 2.24) is 0 Å². The van der Waals surface area contributed by atoms with Gasteiger partial charge in [0.1, 0.15) is 5.75 Å². The summed E-state index contributed by atoms with van der Waals surface area (Å²) in [6.45, 7) is 4.86. The summed E-state index contributed by atoms with van der Waals surface area (Å²) in [5.41, 5.74) is 2.15. The molecule has 0 aliphatic carbocycles. The van der Waals surface area contributed by atoms with Crippen LogP contribution in [-0.4, -0.2) is 24.4 Å². The van der Waals surface area contributed by atoms with Crippen LogP contribution in [0.2, 0.25) is 0 Å². The number of nitrogens with zero attached hydrogens (tertiary/aromatic N) is 1. The zero-order chi connectivity index (χ0) is 14.0. The minimum Gasteiger partial charge on any atom is -0.495 e. The lowest BCUT2D eigenvalue weighted by Crippen LogP contribution is -2.42. The van der Waals surface area contributed by atoms with E-state index >= 15 is 0 Å². The number of benzene rings is 1. The largest absolute Gasteiger partial charge is 0.495 e. The van der Waals surface area contributed by atoms with Crippen LogP contribution in [0.3, 0.4) is 0 Å². The maximum absolute atomic E-state index is 12.6. The Kier molecular flexibility index (Phi) is 4.50. The molecule has 1 aliphatic rings. The second-order valence-electron chi connectivity index (χ2n) is 5.21.